The number of halogens is 2. The number of thiophene rings is 1. The van der Waals surface area contributed by atoms with E-state index in [1.807, 2.05) is 19.1 Å². The summed E-state index contributed by atoms with van der Waals surface area (Å²) in [5.74, 6) is 2.29. The summed E-state index contributed by atoms with van der Waals surface area (Å²) in [6.45, 7) is 2.88. The Morgan fingerprint density at radius 1 is 1.07 bits per heavy atom. The normalized spacial score (nSPS) is 11.8. The van der Waals surface area contributed by atoms with E-state index in [1.165, 1.54) is 17.7 Å². The molecule has 0 radical (unpaired) electrons. The number of ether oxygens (including phenoxy) is 2. The average Bonchev–Trinajstić information content (AvgIpc) is 3.20. The van der Waals surface area contributed by atoms with Gasteiger partial charge >= 0.3 is 0 Å². The van der Waals surface area contributed by atoms with Gasteiger partial charge in [0.1, 0.15) is 10.5 Å². The highest BCUT2D eigenvalue weighted by atomic mass is 35.5. The van der Waals surface area contributed by atoms with Crippen LogP contribution in [0.2, 0.25) is 0 Å². The van der Waals surface area contributed by atoms with E-state index in [4.69, 9.17) is 32.7 Å². The molecule has 0 aliphatic carbocycles. The van der Waals surface area contributed by atoms with Crippen molar-refractivity contribution in [3.8, 4) is 21.9 Å². The van der Waals surface area contributed by atoms with Gasteiger partial charge in [-0.05, 0) is 49.6 Å². The second-order valence-electron chi connectivity index (χ2n) is 6.63. The standard InChI is InChI=1S/C20H26Cl2N2O4S2/c1-15-16(18-8-9-19(29-18)30(25,26)23-14-24(2)3)6-7-17(27-12-4-10-21)20(15)28-13-5-11-22/h6-9,14H,4-5,10-13H2,1-3H3/b23-14+. The molecule has 0 unspecified atom stereocenters. The maximum absolute atomic E-state index is 12.4. The van der Waals surface area contributed by atoms with E-state index in [1.54, 1.807) is 31.1 Å². The number of hydrogen-bond donors (Lipinski definition) is 0. The number of alkyl halides is 2. The number of benzene rings is 1. The van der Waals surface area contributed by atoms with E-state index in [9.17, 15) is 8.42 Å². The Hall–Kier alpha value is -1.48. The zero-order chi connectivity index (χ0) is 22.1. The summed E-state index contributed by atoms with van der Waals surface area (Å²) >= 11 is 12.7. The molecular weight excluding hydrogens is 467 g/mol. The summed E-state index contributed by atoms with van der Waals surface area (Å²) in [6, 6.07) is 7.10. The molecule has 0 amide bonds. The average molecular weight is 493 g/mol. The van der Waals surface area contributed by atoms with Gasteiger partial charge in [-0.15, -0.1) is 38.9 Å². The number of nitrogens with zero attached hydrogens (tertiary/aromatic N) is 2. The van der Waals surface area contributed by atoms with Gasteiger partial charge in [0, 0.05) is 36.3 Å². The fraction of sp³-hybridized carbons (Fsp3) is 0.450. The van der Waals surface area contributed by atoms with Crippen molar-refractivity contribution in [3.63, 3.8) is 0 Å². The first kappa shape index (κ1) is 24.8. The monoisotopic (exact) mass is 492 g/mol. The van der Waals surface area contributed by atoms with E-state index in [-0.39, 0.29) is 4.21 Å². The van der Waals surface area contributed by atoms with Gasteiger partial charge in [-0.1, -0.05) is 0 Å². The Balaban J connectivity index is 2.37. The summed E-state index contributed by atoms with van der Waals surface area (Å²) in [7, 11) is -0.317. The Labute approximate surface area is 192 Å². The molecule has 1 heterocycles. The van der Waals surface area contributed by atoms with E-state index in [0.717, 1.165) is 22.4 Å². The van der Waals surface area contributed by atoms with Crippen molar-refractivity contribution in [1.82, 2.24) is 4.90 Å². The van der Waals surface area contributed by atoms with Gasteiger partial charge in [0.2, 0.25) is 0 Å². The maximum Gasteiger partial charge on any atom is 0.293 e. The highest BCUT2D eigenvalue weighted by Gasteiger charge is 2.19. The summed E-state index contributed by atoms with van der Waals surface area (Å²) in [5.41, 5.74) is 1.75. The molecule has 1 aromatic carbocycles. The smallest absolute Gasteiger partial charge is 0.293 e. The summed E-state index contributed by atoms with van der Waals surface area (Å²) in [4.78, 5) is 2.38. The summed E-state index contributed by atoms with van der Waals surface area (Å²) in [5, 5.41) is 0. The van der Waals surface area contributed by atoms with Crippen LogP contribution >= 0.6 is 34.5 Å². The van der Waals surface area contributed by atoms with Crippen LogP contribution in [-0.2, 0) is 10.0 Å². The first-order valence-corrected chi connectivity index (χ1v) is 12.7. The van der Waals surface area contributed by atoms with Gasteiger partial charge in [-0.2, -0.15) is 8.42 Å². The molecule has 0 aliphatic rings. The molecule has 2 rings (SSSR count). The molecule has 0 N–H and O–H groups in total. The van der Waals surface area contributed by atoms with Crippen molar-refractivity contribution in [2.75, 3.05) is 39.1 Å². The van der Waals surface area contributed by atoms with Crippen molar-refractivity contribution in [2.24, 2.45) is 4.40 Å². The van der Waals surface area contributed by atoms with Gasteiger partial charge in [0.25, 0.3) is 10.0 Å². The zero-order valence-electron chi connectivity index (χ0n) is 17.2. The second-order valence-corrected chi connectivity index (χ2v) is 10.3. The predicted molar refractivity (Wildman–Crippen MR) is 126 cm³/mol. The van der Waals surface area contributed by atoms with E-state index < -0.39 is 10.0 Å². The molecule has 0 saturated carbocycles. The molecule has 0 bridgehead atoms. The lowest BCUT2D eigenvalue weighted by Gasteiger charge is -2.17. The Bertz CT molecular complexity index is 960. The highest BCUT2D eigenvalue weighted by Crippen LogP contribution is 2.41. The molecule has 1 aromatic heterocycles. The molecule has 10 heteroatoms. The first-order valence-electron chi connectivity index (χ1n) is 9.38. The van der Waals surface area contributed by atoms with Crippen LogP contribution < -0.4 is 9.47 Å². The molecule has 0 atom stereocenters. The van der Waals surface area contributed by atoms with Crippen LogP contribution in [0.4, 0.5) is 0 Å². The second kappa shape index (κ2) is 11.8. The van der Waals surface area contributed by atoms with Crippen LogP contribution in [0.15, 0.2) is 32.9 Å². The quantitative estimate of drug-likeness (QED) is 0.180. The summed E-state index contributed by atoms with van der Waals surface area (Å²) in [6.07, 6.45) is 2.70. The van der Waals surface area contributed by atoms with Gasteiger partial charge < -0.3 is 14.4 Å². The minimum Gasteiger partial charge on any atom is -0.490 e. The van der Waals surface area contributed by atoms with Crippen LogP contribution in [0.3, 0.4) is 0 Å². The van der Waals surface area contributed by atoms with Crippen molar-refractivity contribution in [1.29, 1.82) is 0 Å². The maximum atomic E-state index is 12.4. The van der Waals surface area contributed by atoms with Crippen LogP contribution in [-0.4, -0.2) is 58.7 Å². The lowest BCUT2D eigenvalue weighted by Crippen LogP contribution is -2.09. The fourth-order valence-corrected chi connectivity index (χ4v) is 5.02. The van der Waals surface area contributed by atoms with Crippen LogP contribution in [0.25, 0.3) is 10.4 Å². The van der Waals surface area contributed by atoms with Crippen molar-refractivity contribution in [2.45, 2.75) is 24.0 Å². The van der Waals surface area contributed by atoms with Gasteiger partial charge in [-0.25, -0.2) is 0 Å². The number of sulfonamides is 1. The molecule has 0 aliphatic heterocycles. The molecule has 2 aromatic rings. The summed E-state index contributed by atoms with van der Waals surface area (Å²) < 4.78 is 40.5. The SMILES string of the molecule is Cc1c(-c2ccc(S(=O)(=O)/N=C/N(C)C)s2)ccc(OCCCCl)c1OCCCCl. The highest BCUT2D eigenvalue weighted by molar-refractivity contribution is 7.92. The van der Waals surface area contributed by atoms with Gasteiger partial charge in [-0.3, -0.25) is 0 Å². The van der Waals surface area contributed by atoms with E-state index in [0.29, 0.717) is 42.9 Å². The van der Waals surface area contributed by atoms with Crippen LogP contribution in [0.1, 0.15) is 18.4 Å². The Kier molecular flexibility index (Phi) is 9.74. The lowest BCUT2D eigenvalue weighted by molar-refractivity contribution is 0.268. The van der Waals surface area contributed by atoms with Crippen molar-refractivity contribution in [3.05, 3.63) is 29.8 Å². The molecule has 0 spiro atoms. The molecule has 0 fully saturated rings. The minimum absolute atomic E-state index is 0.182. The molecule has 30 heavy (non-hydrogen) atoms. The van der Waals surface area contributed by atoms with E-state index >= 15 is 0 Å². The van der Waals surface area contributed by atoms with Crippen LogP contribution in [0, 0.1) is 6.92 Å². The number of rotatable bonds is 12. The van der Waals surface area contributed by atoms with Crippen molar-refractivity contribution < 1.29 is 17.9 Å². The topological polar surface area (TPSA) is 68.2 Å². The molecular formula is C20H26Cl2N2O4S2. The van der Waals surface area contributed by atoms with E-state index in [2.05, 4.69) is 4.40 Å². The van der Waals surface area contributed by atoms with Crippen molar-refractivity contribution >= 4 is 50.9 Å². The third-order valence-corrected chi connectivity index (χ3v) is 7.29. The Morgan fingerprint density at radius 3 is 2.37 bits per heavy atom. The largest absolute Gasteiger partial charge is 0.490 e. The minimum atomic E-state index is -3.74. The predicted octanol–water partition coefficient (Wildman–Crippen LogP) is 5.02. The third-order valence-electron chi connectivity index (χ3n) is 3.95. The lowest BCUT2D eigenvalue weighted by atomic mass is 10.1. The fourth-order valence-electron chi connectivity index (χ4n) is 2.50. The van der Waals surface area contributed by atoms with Gasteiger partial charge in [0.15, 0.2) is 11.5 Å². The molecule has 166 valence electrons. The first-order chi connectivity index (χ1) is 14.3. The zero-order valence-corrected chi connectivity index (χ0v) is 20.4. The number of hydrogen-bond acceptors (Lipinski definition) is 5. The van der Waals surface area contributed by atoms with Crippen LogP contribution in [0.5, 0.6) is 11.5 Å². The Morgan fingerprint density at radius 2 is 1.73 bits per heavy atom. The van der Waals surface area contributed by atoms with Gasteiger partial charge in [0.05, 0.1) is 13.2 Å². The molecule has 6 nitrogen and oxygen atoms in total. The third kappa shape index (κ3) is 6.77. The molecule has 0 saturated heterocycles.